The van der Waals surface area contributed by atoms with Crippen molar-refractivity contribution in [3.63, 3.8) is 0 Å². The van der Waals surface area contributed by atoms with E-state index in [2.05, 4.69) is 9.97 Å². The third-order valence-corrected chi connectivity index (χ3v) is 2.19. The first-order chi connectivity index (χ1) is 8.00. The van der Waals surface area contributed by atoms with Gasteiger partial charge in [0.2, 0.25) is 0 Å². The molecule has 1 heterocycles. The van der Waals surface area contributed by atoms with Crippen LogP contribution in [0.15, 0.2) is 12.5 Å². The molecule has 0 saturated heterocycles. The van der Waals surface area contributed by atoms with E-state index in [1.807, 2.05) is 0 Å². The number of carboxylic acid groups (broad SMARTS) is 1. The summed E-state index contributed by atoms with van der Waals surface area (Å²) in [5.41, 5.74) is 6.32. The Balaban J connectivity index is 2.34. The van der Waals surface area contributed by atoms with Crippen LogP contribution in [-0.2, 0) is 20.7 Å². The topological polar surface area (TPSA) is 118 Å². The fraction of sp³-hybridized carbons (Fsp3) is 0.500. The highest BCUT2D eigenvalue weighted by Crippen LogP contribution is 2.01. The van der Waals surface area contributed by atoms with Crippen LogP contribution in [0.4, 0.5) is 0 Å². The summed E-state index contributed by atoms with van der Waals surface area (Å²) in [6, 6.07) is -0.823. The molecule has 0 bridgehead atoms. The van der Waals surface area contributed by atoms with Crippen LogP contribution in [0, 0.1) is 5.92 Å². The van der Waals surface area contributed by atoms with Gasteiger partial charge < -0.3 is 20.6 Å². The van der Waals surface area contributed by atoms with Gasteiger partial charge in [0.15, 0.2) is 0 Å². The van der Waals surface area contributed by atoms with E-state index in [9.17, 15) is 9.59 Å². The van der Waals surface area contributed by atoms with Gasteiger partial charge in [-0.25, -0.2) is 4.98 Å². The molecule has 1 rings (SSSR count). The van der Waals surface area contributed by atoms with Gasteiger partial charge in [0.25, 0.3) is 0 Å². The fourth-order valence-electron chi connectivity index (χ4n) is 1.10. The number of esters is 1. The fourth-order valence-corrected chi connectivity index (χ4v) is 1.10. The quantitative estimate of drug-likeness (QED) is 0.580. The van der Waals surface area contributed by atoms with Crippen LogP contribution in [0.1, 0.15) is 12.6 Å². The Hall–Kier alpha value is -1.89. The minimum atomic E-state index is -1.01. The van der Waals surface area contributed by atoms with Crippen LogP contribution in [-0.4, -0.2) is 39.7 Å². The Labute approximate surface area is 98.0 Å². The number of imidazole rings is 1. The molecule has 0 aliphatic carbocycles. The number of hydrogen-bond acceptors (Lipinski definition) is 5. The number of aromatic nitrogens is 2. The predicted octanol–water partition coefficient (Wildman–Crippen LogP) is -0.457. The van der Waals surface area contributed by atoms with Crippen LogP contribution in [0.25, 0.3) is 0 Å². The molecule has 0 fully saturated rings. The number of nitrogens with two attached hydrogens (primary N) is 1. The number of rotatable bonds is 6. The molecule has 0 aromatic carbocycles. The Morgan fingerprint density at radius 3 is 2.88 bits per heavy atom. The summed E-state index contributed by atoms with van der Waals surface area (Å²) in [5.74, 6) is -2.37. The van der Waals surface area contributed by atoms with E-state index >= 15 is 0 Å². The van der Waals surface area contributed by atoms with Crippen LogP contribution in [0.5, 0.6) is 0 Å². The van der Waals surface area contributed by atoms with E-state index in [0.29, 0.717) is 0 Å². The standard InChI is InChI=1S/C10H15N3O4/c1-6(9(14)15)4-17-10(16)8(11)2-7-3-12-5-13-7/h3,5-6,8H,2,4,11H2,1H3,(H,12,13)(H,14,15)/t6?,8-/m0/s1. The number of nitrogens with one attached hydrogen (secondary N) is 1. The first-order valence-corrected chi connectivity index (χ1v) is 5.13. The highest BCUT2D eigenvalue weighted by atomic mass is 16.5. The van der Waals surface area contributed by atoms with Gasteiger partial charge in [-0.05, 0) is 6.92 Å². The van der Waals surface area contributed by atoms with Gasteiger partial charge in [-0.1, -0.05) is 0 Å². The molecule has 1 unspecified atom stereocenters. The smallest absolute Gasteiger partial charge is 0.323 e. The molecule has 1 aromatic heterocycles. The summed E-state index contributed by atoms with van der Waals surface area (Å²) in [5, 5.41) is 8.61. The average Bonchev–Trinajstić information content (AvgIpc) is 2.77. The molecule has 0 amide bonds. The minimum Gasteiger partial charge on any atom is -0.481 e. The van der Waals surface area contributed by atoms with Crippen LogP contribution >= 0.6 is 0 Å². The van der Waals surface area contributed by atoms with Gasteiger partial charge in [0.05, 0.1) is 12.2 Å². The number of hydrogen-bond donors (Lipinski definition) is 3. The van der Waals surface area contributed by atoms with Crippen molar-refractivity contribution < 1.29 is 19.4 Å². The maximum atomic E-state index is 11.4. The molecule has 0 saturated carbocycles. The number of carboxylic acids is 1. The largest absolute Gasteiger partial charge is 0.481 e. The lowest BCUT2D eigenvalue weighted by Gasteiger charge is -2.12. The van der Waals surface area contributed by atoms with Gasteiger partial charge in [-0.2, -0.15) is 0 Å². The van der Waals surface area contributed by atoms with E-state index in [-0.39, 0.29) is 13.0 Å². The second-order valence-corrected chi connectivity index (χ2v) is 3.76. The maximum Gasteiger partial charge on any atom is 0.323 e. The first-order valence-electron chi connectivity index (χ1n) is 5.13. The summed E-state index contributed by atoms with van der Waals surface area (Å²) in [7, 11) is 0. The molecular weight excluding hydrogens is 226 g/mol. The summed E-state index contributed by atoms with van der Waals surface area (Å²) < 4.78 is 4.80. The molecule has 2 atom stereocenters. The average molecular weight is 241 g/mol. The third-order valence-electron chi connectivity index (χ3n) is 2.19. The second-order valence-electron chi connectivity index (χ2n) is 3.76. The number of carbonyl (C=O) groups excluding carboxylic acids is 1. The number of nitrogens with zero attached hydrogens (tertiary/aromatic N) is 1. The lowest BCUT2D eigenvalue weighted by molar-refractivity contribution is -0.151. The lowest BCUT2D eigenvalue weighted by Crippen LogP contribution is -2.35. The molecule has 0 aliphatic heterocycles. The number of H-pyrrole nitrogens is 1. The predicted molar refractivity (Wildman–Crippen MR) is 58.0 cm³/mol. The maximum absolute atomic E-state index is 11.4. The molecule has 1 aromatic rings. The van der Waals surface area contributed by atoms with Gasteiger partial charge in [0.1, 0.15) is 12.6 Å². The first kappa shape index (κ1) is 13.2. The Morgan fingerprint density at radius 1 is 1.65 bits per heavy atom. The Bertz CT molecular complexity index is 377. The van der Waals surface area contributed by atoms with Crippen molar-refractivity contribution in [2.24, 2.45) is 11.7 Å². The van der Waals surface area contributed by atoms with Crippen molar-refractivity contribution in [3.05, 3.63) is 18.2 Å². The van der Waals surface area contributed by atoms with E-state index in [4.69, 9.17) is 15.6 Å². The Morgan fingerprint density at radius 2 is 2.35 bits per heavy atom. The highest BCUT2D eigenvalue weighted by molar-refractivity contribution is 5.76. The summed E-state index contributed by atoms with van der Waals surface area (Å²) in [4.78, 5) is 28.5. The van der Waals surface area contributed by atoms with Gasteiger partial charge in [-0.3, -0.25) is 9.59 Å². The minimum absolute atomic E-state index is 0.176. The SMILES string of the molecule is CC(COC(=O)[C@@H](N)Cc1cnc[nH]1)C(=O)O. The molecule has 0 aliphatic rings. The number of ether oxygens (including phenoxy) is 1. The van der Waals surface area contributed by atoms with Crippen molar-refractivity contribution >= 4 is 11.9 Å². The molecule has 0 radical (unpaired) electrons. The molecule has 17 heavy (non-hydrogen) atoms. The van der Waals surface area contributed by atoms with E-state index < -0.39 is 23.9 Å². The van der Waals surface area contributed by atoms with Crippen molar-refractivity contribution in [3.8, 4) is 0 Å². The summed E-state index contributed by atoms with van der Waals surface area (Å²) >= 11 is 0. The number of aromatic amines is 1. The molecule has 4 N–H and O–H groups in total. The van der Waals surface area contributed by atoms with Crippen LogP contribution in [0.2, 0.25) is 0 Å². The van der Waals surface area contributed by atoms with E-state index in [1.165, 1.54) is 13.3 Å². The molecular formula is C10H15N3O4. The van der Waals surface area contributed by atoms with Crippen molar-refractivity contribution in [2.75, 3.05) is 6.61 Å². The van der Waals surface area contributed by atoms with Crippen molar-refractivity contribution in [1.82, 2.24) is 9.97 Å². The van der Waals surface area contributed by atoms with Crippen LogP contribution in [0.3, 0.4) is 0 Å². The molecule has 0 spiro atoms. The zero-order valence-electron chi connectivity index (χ0n) is 9.42. The van der Waals surface area contributed by atoms with E-state index in [0.717, 1.165) is 5.69 Å². The van der Waals surface area contributed by atoms with E-state index in [1.54, 1.807) is 6.20 Å². The Kier molecular flexibility index (Phi) is 4.65. The molecule has 94 valence electrons. The molecule has 7 heteroatoms. The lowest BCUT2D eigenvalue weighted by atomic mass is 10.2. The number of carbonyl (C=O) groups is 2. The number of aliphatic carboxylic acids is 1. The van der Waals surface area contributed by atoms with Crippen molar-refractivity contribution in [1.29, 1.82) is 0 Å². The van der Waals surface area contributed by atoms with Gasteiger partial charge in [0, 0.05) is 18.3 Å². The van der Waals surface area contributed by atoms with Gasteiger partial charge >= 0.3 is 11.9 Å². The zero-order valence-corrected chi connectivity index (χ0v) is 9.42. The normalized spacial score (nSPS) is 14.0. The second kappa shape index (κ2) is 6.00. The summed E-state index contributed by atoms with van der Waals surface area (Å²) in [6.07, 6.45) is 3.33. The third kappa shape index (κ3) is 4.23. The monoisotopic (exact) mass is 241 g/mol. The van der Waals surface area contributed by atoms with Gasteiger partial charge in [-0.15, -0.1) is 0 Å². The zero-order chi connectivity index (χ0) is 12.8. The molecule has 7 nitrogen and oxygen atoms in total. The van der Waals surface area contributed by atoms with Crippen LogP contribution < -0.4 is 5.73 Å². The highest BCUT2D eigenvalue weighted by Gasteiger charge is 2.19. The van der Waals surface area contributed by atoms with Crippen molar-refractivity contribution in [2.45, 2.75) is 19.4 Å². The summed E-state index contributed by atoms with van der Waals surface area (Å²) in [6.45, 7) is 1.28.